The molecule has 1 saturated heterocycles. The first-order chi connectivity index (χ1) is 11.5. The zero-order chi connectivity index (χ0) is 17.5. The Bertz CT molecular complexity index is 566. The molecule has 6 nitrogen and oxygen atoms in total. The van der Waals surface area contributed by atoms with Crippen LogP contribution in [-0.4, -0.2) is 61.6 Å². The number of ether oxygens (including phenoxy) is 1. The lowest BCUT2D eigenvalue weighted by Crippen LogP contribution is -2.50. The van der Waals surface area contributed by atoms with E-state index in [1.165, 1.54) is 13.5 Å². The van der Waals surface area contributed by atoms with Crippen molar-refractivity contribution in [1.82, 2.24) is 9.80 Å². The Labute approximate surface area is 143 Å². The maximum Gasteiger partial charge on any atom is 0.337 e. The van der Waals surface area contributed by atoms with Gasteiger partial charge in [0.15, 0.2) is 0 Å². The highest BCUT2D eigenvalue weighted by Gasteiger charge is 2.21. The molecule has 6 heteroatoms. The third kappa shape index (κ3) is 5.23. The zero-order valence-corrected chi connectivity index (χ0v) is 14.7. The molecular weight excluding hydrogens is 306 g/mol. The molecule has 132 valence electrons. The van der Waals surface area contributed by atoms with E-state index in [1.807, 2.05) is 4.90 Å². The van der Waals surface area contributed by atoms with Gasteiger partial charge in [-0.05, 0) is 37.1 Å². The monoisotopic (exact) mass is 333 g/mol. The second kappa shape index (κ2) is 8.68. The molecule has 0 unspecified atom stereocenters. The number of nitrogens with one attached hydrogen (secondary N) is 1. The molecule has 1 fully saturated rings. The van der Waals surface area contributed by atoms with Gasteiger partial charge in [-0.1, -0.05) is 19.9 Å². The lowest BCUT2D eigenvalue weighted by Gasteiger charge is -2.35. The minimum atomic E-state index is -0.412. The van der Waals surface area contributed by atoms with Crippen LogP contribution < -0.4 is 5.32 Å². The van der Waals surface area contributed by atoms with Crippen LogP contribution in [-0.2, 0) is 4.74 Å². The molecule has 0 spiro atoms. The molecule has 1 aromatic carbocycles. The molecule has 0 radical (unpaired) electrons. The number of hydrogen-bond acceptors (Lipinski definition) is 4. The lowest BCUT2D eigenvalue weighted by molar-refractivity contribution is 0.0600. The Morgan fingerprint density at radius 1 is 1.21 bits per heavy atom. The van der Waals surface area contributed by atoms with Gasteiger partial charge in [-0.3, -0.25) is 4.90 Å². The highest BCUT2D eigenvalue weighted by molar-refractivity contribution is 5.93. The molecule has 0 aromatic heterocycles. The minimum absolute atomic E-state index is 0.125. The fraction of sp³-hybridized carbons (Fsp3) is 0.556. The zero-order valence-electron chi connectivity index (χ0n) is 14.7. The fourth-order valence-electron chi connectivity index (χ4n) is 2.66. The van der Waals surface area contributed by atoms with Gasteiger partial charge < -0.3 is 15.0 Å². The normalized spacial score (nSPS) is 15.4. The number of rotatable bonds is 5. The van der Waals surface area contributed by atoms with Gasteiger partial charge in [-0.2, -0.15) is 0 Å². The molecule has 0 saturated carbocycles. The van der Waals surface area contributed by atoms with Crippen LogP contribution in [0.1, 0.15) is 30.6 Å². The van der Waals surface area contributed by atoms with Crippen molar-refractivity contribution in [2.24, 2.45) is 5.92 Å². The van der Waals surface area contributed by atoms with Crippen molar-refractivity contribution in [2.75, 3.05) is 45.2 Å². The Hall–Kier alpha value is -2.08. The Morgan fingerprint density at radius 3 is 2.54 bits per heavy atom. The van der Waals surface area contributed by atoms with Crippen LogP contribution in [0.5, 0.6) is 0 Å². The Kier molecular flexibility index (Phi) is 6.61. The standard InChI is InChI=1S/C18H27N3O3/c1-14(2)7-8-20-9-11-21(12-10-20)18(23)19-16-6-4-5-15(13-16)17(22)24-3/h4-6,13-14H,7-12H2,1-3H3,(H,19,23). The molecule has 1 N–H and O–H groups in total. The second-order valence-electron chi connectivity index (χ2n) is 6.51. The van der Waals surface area contributed by atoms with Crippen LogP contribution >= 0.6 is 0 Å². The van der Waals surface area contributed by atoms with E-state index in [1.54, 1.807) is 24.3 Å². The molecule has 0 bridgehead atoms. The third-order valence-electron chi connectivity index (χ3n) is 4.22. The van der Waals surface area contributed by atoms with Gasteiger partial charge in [0, 0.05) is 31.9 Å². The van der Waals surface area contributed by atoms with E-state index in [2.05, 4.69) is 24.1 Å². The molecule has 2 amide bonds. The summed E-state index contributed by atoms with van der Waals surface area (Å²) < 4.78 is 4.70. The predicted octanol–water partition coefficient (Wildman–Crippen LogP) is 2.67. The van der Waals surface area contributed by atoms with Crippen LogP contribution in [0.2, 0.25) is 0 Å². The summed E-state index contributed by atoms with van der Waals surface area (Å²) in [6.07, 6.45) is 1.19. The topological polar surface area (TPSA) is 61.9 Å². The van der Waals surface area contributed by atoms with Crippen molar-refractivity contribution in [3.05, 3.63) is 29.8 Å². The summed E-state index contributed by atoms with van der Waals surface area (Å²) in [5, 5.41) is 2.86. The van der Waals surface area contributed by atoms with Crippen molar-refractivity contribution in [2.45, 2.75) is 20.3 Å². The molecule has 0 aliphatic carbocycles. The average Bonchev–Trinajstić information content (AvgIpc) is 2.59. The maximum absolute atomic E-state index is 12.4. The number of amides is 2. The summed E-state index contributed by atoms with van der Waals surface area (Å²) in [6.45, 7) is 8.80. The van der Waals surface area contributed by atoms with Crippen LogP contribution in [0.3, 0.4) is 0 Å². The van der Waals surface area contributed by atoms with Crippen LogP contribution in [0, 0.1) is 5.92 Å². The maximum atomic E-state index is 12.4. The van der Waals surface area contributed by atoms with Crippen LogP contribution in [0.25, 0.3) is 0 Å². The van der Waals surface area contributed by atoms with E-state index in [9.17, 15) is 9.59 Å². The minimum Gasteiger partial charge on any atom is -0.465 e. The first kappa shape index (κ1) is 18.3. The van der Waals surface area contributed by atoms with E-state index < -0.39 is 5.97 Å². The van der Waals surface area contributed by atoms with Crippen molar-refractivity contribution < 1.29 is 14.3 Å². The number of anilines is 1. The molecule has 24 heavy (non-hydrogen) atoms. The number of carbonyl (C=O) groups excluding carboxylic acids is 2. The largest absolute Gasteiger partial charge is 0.465 e. The Balaban J connectivity index is 1.84. The van der Waals surface area contributed by atoms with E-state index >= 15 is 0 Å². The van der Waals surface area contributed by atoms with Gasteiger partial charge in [-0.15, -0.1) is 0 Å². The fourth-order valence-corrected chi connectivity index (χ4v) is 2.66. The van der Waals surface area contributed by atoms with Gasteiger partial charge in [0.05, 0.1) is 12.7 Å². The summed E-state index contributed by atoms with van der Waals surface area (Å²) in [5.41, 5.74) is 1.03. The summed E-state index contributed by atoms with van der Waals surface area (Å²) in [4.78, 5) is 28.1. The number of nitrogens with zero attached hydrogens (tertiary/aromatic N) is 2. The van der Waals surface area contributed by atoms with Crippen LogP contribution in [0.4, 0.5) is 10.5 Å². The van der Waals surface area contributed by atoms with E-state index in [4.69, 9.17) is 4.74 Å². The average molecular weight is 333 g/mol. The Morgan fingerprint density at radius 2 is 1.92 bits per heavy atom. The van der Waals surface area contributed by atoms with E-state index in [0.29, 0.717) is 17.2 Å². The van der Waals surface area contributed by atoms with Gasteiger partial charge in [-0.25, -0.2) is 9.59 Å². The SMILES string of the molecule is COC(=O)c1cccc(NC(=O)N2CCN(CCC(C)C)CC2)c1. The van der Waals surface area contributed by atoms with Gasteiger partial charge in [0.25, 0.3) is 0 Å². The van der Waals surface area contributed by atoms with Crippen molar-refractivity contribution >= 4 is 17.7 Å². The molecule has 0 atom stereocenters. The first-order valence-corrected chi connectivity index (χ1v) is 8.46. The molecular formula is C18H27N3O3. The third-order valence-corrected chi connectivity index (χ3v) is 4.22. The van der Waals surface area contributed by atoms with Crippen LogP contribution in [0.15, 0.2) is 24.3 Å². The summed E-state index contributed by atoms with van der Waals surface area (Å²) in [5.74, 6) is 0.290. The second-order valence-corrected chi connectivity index (χ2v) is 6.51. The van der Waals surface area contributed by atoms with Crippen molar-refractivity contribution in [3.8, 4) is 0 Å². The number of esters is 1. The van der Waals surface area contributed by atoms with Crippen molar-refractivity contribution in [3.63, 3.8) is 0 Å². The smallest absolute Gasteiger partial charge is 0.337 e. The highest BCUT2D eigenvalue weighted by atomic mass is 16.5. The molecule has 1 heterocycles. The molecule has 1 aliphatic heterocycles. The quantitative estimate of drug-likeness (QED) is 0.842. The number of hydrogen-bond donors (Lipinski definition) is 1. The number of carbonyl (C=O) groups is 2. The lowest BCUT2D eigenvalue weighted by atomic mass is 10.1. The molecule has 1 aliphatic rings. The number of benzene rings is 1. The van der Waals surface area contributed by atoms with Crippen molar-refractivity contribution in [1.29, 1.82) is 0 Å². The first-order valence-electron chi connectivity index (χ1n) is 8.46. The van der Waals surface area contributed by atoms with Gasteiger partial charge >= 0.3 is 12.0 Å². The molecule has 1 aromatic rings. The predicted molar refractivity (Wildman–Crippen MR) is 94.3 cm³/mol. The highest BCUT2D eigenvalue weighted by Crippen LogP contribution is 2.13. The van der Waals surface area contributed by atoms with Gasteiger partial charge in [0.1, 0.15) is 0 Å². The number of urea groups is 1. The summed E-state index contributed by atoms with van der Waals surface area (Å²) in [6, 6.07) is 6.66. The van der Waals surface area contributed by atoms with E-state index in [-0.39, 0.29) is 6.03 Å². The number of piperazine rings is 1. The number of methoxy groups -OCH3 is 1. The molecule has 2 rings (SSSR count). The van der Waals surface area contributed by atoms with Gasteiger partial charge in [0.2, 0.25) is 0 Å². The summed E-state index contributed by atoms with van der Waals surface area (Å²) >= 11 is 0. The van der Waals surface area contributed by atoms with E-state index in [0.717, 1.165) is 32.7 Å². The summed E-state index contributed by atoms with van der Waals surface area (Å²) in [7, 11) is 1.34.